The number of hydrogen-bond donors (Lipinski definition) is 0. The zero-order chi connectivity index (χ0) is 15.7. The smallest absolute Gasteiger partial charge is 0.267 e. The number of hydrogen-bond acceptors (Lipinski definition) is 5. The van der Waals surface area contributed by atoms with Crippen LogP contribution in [0, 0.1) is 0 Å². The normalized spacial score (nSPS) is 21.0. The maximum absolute atomic E-state index is 12.4. The van der Waals surface area contributed by atoms with Crippen molar-refractivity contribution in [3.05, 3.63) is 16.0 Å². The third-order valence-electron chi connectivity index (χ3n) is 4.11. The van der Waals surface area contributed by atoms with E-state index in [2.05, 4.69) is 11.9 Å². The first-order chi connectivity index (χ1) is 10.6. The Morgan fingerprint density at radius 3 is 2.82 bits per heavy atom. The van der Waals surface area contributed by atoms with E-state index >= 15 is 0 Å². The molecule has 0 saturated carbocycles. The third-order valence-corrected chi connectivity index (χ3v) is 6.34. The zero-order valence-corrected chi connectivity index (χ0v) is 14.6. The first kappa shape index (κ1) is 15.9. The van der Waals surface area contributed by atoms with Crippen LogP contribution in [-0.2, 0) is 18.3 Å². The molecule has 22 heavy (non-hydrogen) atoms. The van der Waals surface area contributed by atoms with Crippen molar-refractivity contribution >= 4 is 29.4 Å². The van der Waals surface area contributed by atoms with Crippen LogP contribution in [0.25, 0.3) is 0 Å². The standard InChI is InChI=1S/C15H21N3O2S2/c1-10-8-11-13(22-10)14(20)17(2)15(16-11)21-9-12(19)18-6-4-3-5-7-18/h10H,3-9H2,1-2H3/t10-/m0/s1. The lowest BCUT2D eigenvalue weighted by atomic mass is 10.1. The topological polar surface area (TPSA) is 55.2 Å². The molecular weight excluding hydrogens is 318 g/mol. The Kier molecular flexibility index (Phi) is 4.82. The Labute approximate surface area is 138 Å². The van der Waals surface area contributed by atoms with Gasteiger partial charge in [0.05, 0.1) is 16.3 Å². The molecule has 0 radical (unpaired) electrons. The fourth-order valence-corrected chi connectivity index (χ4v) is 4.90. The van der Waals surface area contributed by atoms with Gasteiger partial charge in [-0.25, -0.2) is 4.98 Å². The molecule has 1 atom stereocenters. The van der Waals surface area contributed by atoms with Gasteiger partial charge in [-0.1, -0.05) is 18.7 Å². The van der Waals surface area contributed by atoms with E-state index in [0.717, 1.165) is 42.9 Å². The Morgan fingerprint density at radius 2 is 2.09 bits per heavy atom. The van der Waals surface area contributed by atoms with E-state index in [1.165, 1.54) is 18.2 Å². The van der Waals surface area contributed by atoms with Gasteiger partial charge in [0.1, 0.15) is 0 Å². The first-order valence-corrected chi connectivity index (χ1v) is 9.60. The van der Waals surface area contributed by atoms with Gasteiger partial charge in [0.2, 0.25) is 5.91 Å². The molecule has 0 spiro atoms. The van der Waals surface area contributed by atoms with Crippen LogP contribution in [0.1, 0.15) is 31.9 Å². The molecule has 2 aliphatic rings. The molecule has 1 aromatic heterocycles. The number of thioether (sulfide) groups is 2. The van der Waals surface area contributed by atoms with Gasteiger partial charge in [0.25, 0.3) is 5.56 Å². The Bertz CT molecular complexity index is 638. The van der Waals surface area contributed by atoms with Crippen LogP contribution in [0.3, 0.4) is 0 Å². The van der Waals surface area contributed by atoms with Gasteiger partial charge in [-0.15, -0.1) is 11.8 Å². The Hall–Kier alpha value is -0.950. The summed E-state index contributed by atoms with van der Waals surface area (Å²) in [5, 5.41) is 1.06. The number of nitrogens with zero attached hydrogens (tertiary/aromatic N) is 3. The molecule has 0 aromatic carbocycles. The summed E-state index contributed by atoms with van der Waals surface area (Å²) in [6.07, 6.45) is 4.25. The van der Waals surface area contributed by atoms with Crippen molar-refractivity contribution in [2.45, 2.75) is 47.9 Å². The molecule has 120 valence electrons. The fourth-order valence-electron chi connectivity index (χ4n) is 2.87. The van der Waals surface area contributed by atoms with Gasteiger partial charge in [-0.05, 0) is 19.3 Å². The zero-order valence-electron chi connectivity index (χ0n) is 13.0. The summed E-state index contributed by atoms with van der Waals surface area (Å²) < 4.78 is 1.58. The second kappa shape index (κ2) is 6.66. The number of carbonyl (C=O) groups excluding carboxylic acids is 1. The number of likely N-dealkylation sites (tertiary alicyclic amines) is 1. The van der Waals surface area contributed by atoms with Crippen molar-refractivity contribution in [2.24, 2.45) is 7.05 Å². The number of piperidine rings is 1. The first-order valence-electron chi connectivity index (χ1n) is 7.73. The molecule has 1 aromatic rings. The van der Waals surface area contributed by atoms with E-state index in [1.807, 2.05) is 4.90 Å². The summed E-state index contributed by atoms with van der Waals surface area (Å²) >= 11 is 2.99. The van der Waals surface area contributed by atoms with E-state index in [1.54, 1.807) is 23.4 Å². The van der Waals surface area contributed by atoms with Gasteiger partial charge in [-0.3, -0.25) is 14.2 Å². The van der Waals surface area contributed by atoms with Crippen molar-refractivity contribution in [2.75, 3.05) is 18.8 Å². The van der Waals surface area contributed by atoms with E-state index in [0.29, 0.717) is 16.2 Å². The molecule has 0 bridgehead atoms. The number of rotatable bonds is 3. The summed E-state index contributed by atoms with van der Waals surface area (Å²) in [4.78, 5) is 31.9. The van der Waals surface area contributed by atoms with Crippen molar-refractivity contribution in [3.8, 4) is 0 Å². The van der Waals surface area contributed by atoms with Gasteiger partial charge in [0.15, 0.2) is 5.16 Å². The molecule has 1 saturated heterocycles. The second-order valence-corrected chi connectivity index (χ2v) is 8.29. The van der Waals surface area contributed by atoms with Crippen LogP contribution in [-0.4, -0.2) is 44.5 Å². The lowest BCUT2D eigenvalue weighted by molar-refractivity contribution is -0.129. The highest BCUT2D eigenvalue weighted by atomic mass is 32.2. The van der Waals surface area contributed by atoms with E-state index in [-0.39, 0.29) is 11.5 Å². The molecule has 3 rings (SSSR count). The van der Waals surface area contributed by atoms with Crippen molar-refractivity contribution in [1.29, 1.82) is 0 Å². The molecule has 0 unspecified atom stereocenters. The molecule has 5 nitrogen and oxygen atoms in total. The average Bonchev–Trinajstić information content (AvgIpc) is 2.90. The monoisotopic (exact) mass is 339 g/mol. The minimum Gasteiger partial charge on any atom is -0.342 e. The highest BCUT2D eigenvalue weighted by molar-refractivity contribution is 8.00. The second-order valence-electron chi connectivity index (χ2n) is 5.90. The lowest BCUT2D eigenvalue weighted by Gasteiger charge is -2.26. The molecule has 1 amide bonds. The van der Waals surface area contributed by atoms with Crippen LogP contribution < -0.4 is 5.56 Å². The molecule has 0 N–H and O–H groups in total. The number of carbonyl (C=O) groups is 1. The van der Waals surface area contributed by atoms with Crippen molar-refractivity contribution in [3.63, 3.8) is 0 Å². The van der Waals surface area contributed by atoms with Crippen LogP contribution in [0.4, 0.5) is 0 Å². The molecule has 7 heteroatoms. The van der Waals surface area contributed by atoms with Crippen LogP contribution in [0.2, 0.25) is 0 Å². The summed E-state index contributed by atoms with van der Waals surface area (Å²) in [5.41, 5.74) is 0.917. The van der Waals surface area contributed by atoms with Crippen molar-refractivity contribution < 1.29 is 4.79 Å². The summed E-state index contributed by atoms with van der Waals surface area (Å²) in [6.45, 7) is 3.84. The SMILES string of the molecule is C[C@H]1Cc2nc(SCC(=O)N3CCCCC3)n(C)c(=O)c2S1. The predicted octanol–water partition coefficient (Wildman–Crippen LogP) is 1.92. The van der Waals surface area contributed by atoms with E-state index in [4.69, 9.17) is 0 Å². The Morgan fingerprint density at radius 1 is 1.36 bits per heavy atom. The average molecular weight is 339 g/mol. The number of fused-ring (bicyclic) bond motifs is 1. The summed E-state index contributed by atoms with van der Waals surface area (Å²) in [6, 6.07) is 0. The van der Waals surface area contributed by atoms with Gasteiger partial charge in [0, 0.05) is 31.8 Å². The minimum atomic E-state index is 0.0206. The Balaban J connectivity index is 1.71. The number of aromatic nitrogens is 2. The highest BCUT2D eigenvalue weighted by Crippen LogP contribution is 2.33. The van der Waals surface area contributed by atoms with E-state index in [9.17, 15) is 9.59 Å². The molecule has 3 heterocycles. The highest BCUT2D eigenvalue weighted by Gasteiger charge is 2.26. The number of amides is 1. The third kappa shape index (κ3) is 3.20. The molecular formula is C15H21N3O2S2. The summed E-state index contributed by atoms with van der Waals surface area (Å²) in [5.74, 6) is 0.518. The quantitative estimate of drug-likeness (QED) is 0.622. The maximum Gasteiger partial charge on any atom is 0.267 e. The van der Waals surface area contributed by atoms with E-state index < -0.39 is 0 Å². The predicted molar refractivity (Wildman–Crippen MR) is 89.7 cm³/mol. The van der Waals surface area contributed by atoms with Crippen LogP contribution >= 0.6 is 23.5 Å². The molecule has 1 fully saturated rings. The summed E-state index contributed by atoms with van der Waals surface area (Å²) in [7, 11) is 1.74. The fraction of sp³-hybridized carbons (Fsp3) is 0.667. The van der Waals surface area contributed by atoms with Crippen LogP contribution in [0.5, 0.6) is 0 Å². The van der Waals surface area contributed by atoms with Gasteiger partial charge >= 0.3 is 0 Å². The van der Waals surface area contributed by atoms with Crippen molar-refractivity contribution in [1.82, 2.24) is 14.5 Å². The largest absolute Gasteiger partial charge is 0.342 e. The molecule has 2 aliphatic heterocycles. The maximum atomic E-state index is 12.4. The minimum absolute atomic E-state index is 0.0206. The lowest BCUT2D eigenvalue weighted by Crippen LogP contribution is -2.36. The molecule has 0 aliphatic carbocycles. The van der Waals surface area contributed by atoms with Gasteiger partial charge in [-0.2, -0.15) is 0 Å². The van der Waals surface area contributed by atoms with Crippen LogP contribution in [0.15, 0.2) is 14.8 Å². The van der Waals surface area contributed by atoms with Gasteiger partial charge < -0.3 is 4.90 Å².